The number of aliphatic hydroxyl groups is 1. The summed E-state index contributed by atoms with van der Waals surface area (Å²) in [6.45, 7) is -0.564. The zero-order valence-corrected chi connectivity index (χ0v) is 21.5. The maximum absolute atomic E-state index is 13.6. The highest BCUT2D eigenvalue weighted by Crippen LogP contribution is 2.26. The molecule has 2 aromatic rings. The van der Waals surface area contributed by atoms with Crippen LogP contribution in [0.25, 0.3) is 0 Å². The SMILES string of the molecule is O=C(CN1CC(C(NS(=O)O)c2ccccc2)=CCC(NC(=O)c2ccccc2)C1=O)NC1CC(=O)OC1O. The van der Waals surface area contributed by atoms with Gasteiger partial charge in [0.15, 0.2) is 0 Å². The highest BCUT2D eigenvalue weighted by atomic mass is 32.2. The fraction of sp³-hybridized carbons (Fsp3) is 0.308. The van der Waals surface area contributed by atoms with Gasteiger partial charge >= 0.3 is 5.97 Å². The molecule has 0 saturated carbocycles. The Balaban J connectivity index is 1.60. The molecule has 2 aromatic carbocycles. The number of rotatable bonds is 9. The van der Waals surface area contributed by atoms with Crippen LogP contribution in [0.3, 0.4) is 0 Å². The van der Waals surface area contributed by atoms with Gasteiger partial charge in [-0.05, 0) is 29.7 Å². The fourth-order valence-electron chi connectivity index (χ4n) is 4.45. The van der Waals surface area contributed by atoms with Crippen LogP contribution >= 0.6 is 0 Å². The van der Waals surface area contributed by atoms with E-state index in [1.54, 1.807) is 66.7 Å². The molecule has 13 heteroatoms. The second-order valence-electron chi connectivity index (χ2n) is 9.07. The van der Waals surface area contributed by atoms with Crippen LogP contribution in [-0.2, 0) is 30.4 Å². The van der Waals surface area contributed by atoms with Crippen LogP contribution in [-0.4, -0.2) is 73.9 Å². The number of hydrogen-bond acceptors (Lipinski definition) is 7. The monoisotopic (exact) mass is 556 g/mol. The molecule has 12 nitrogen and oxygen atoms in total. The third-order valence-corrected chi connectivity index (χ3v) is 6.76. The highest BCUT2D eigenvalue weighted by Gasteiger charge is 2.36. The zero-order valence-electron chi connectivity index (χ0n) is 20.7. The second-order valence-corrected chi connectivity index (χ2v) is 9.80. The van der Waals surface area contributed by atoms with E-state index in [9.17, 15) is 33.0 Å². The molecule has 0 aliphatic carbocycles. The minimum Gasteiger partial charge on any atom is -0.434 e. The van der Waals surface area contributed by atoms with Crippen LogP contribution in [0.15, 0.2) is 72.3 Å². The summed E-state index contributed by atoms with van der Waals surface area (Å²) in [5.41, 5.74) is 1.53. The van der Waals surface area contributed by atoms with Crippen LogP contribution in [0.4, 0.5) is 0 Å². The Bertz CT molecular complexity index is 1270. The molecule has 2 aliphatic heterocycles. The largest absolute Gasteiger partial charge is 0.434 e. The molecule has 5 atom stereocenters. The molecular weight excluding hydrogens is 528 g/mol. The molecular formula is C26H28N4O8S. The Morgan fingerprint density at radius 3 is 2.33 bits per heavy atom. The topological polar surface area (TPSA) is 174 Å². The van der Waals surface area contributed by atoms with Gasteiger partial charge in [0.25, 0.3) is 5.91 Å². The number of aliphatic hydroxyl groups excluding tert-OH is 1. The molecule has 0 spiro atoms. The highest BCUT2D eigenvalue weighted by molar-refractivity contribution is 7.77. The van der Waals surface area contributed by atoms with Crippen molar-refractivity contribution >= 4 is 35.0 Å². The molecule has 0 radical (unpaired) electrons. The van der Waals surface area contributed by atoms with E-state index in [1.165, 1.54) is 4.90 Å². The van der Waals surface area contributed by atoms with Crippen LogP contribution in [0.2, 0.25) is 0 Å². The molecule has 2 aliphatic rings. The lowest BCUT2D eigenvalue weighted by molar-refractivity contribution is -0.155. The van der Waals surface area contributed by atoms with Crippen molar-refractivity contribution in [2.45, 2.75) is 37.3 Å². The first-order valence-electron chi connectivity index (χ1n) is 12.1. The molecule has 0 aromatic heterocycles. The number of hydrogen-bond donors (Lipinski definition) is 5. The number of nitrogens with zero attached hydrogens (tertiary/aromatic N) is 1. The van der Waals surface area contributed by atoms with Gasteiger partial charge in [-0.15, -0.1) is 0 Å². The van der Waals surface area contributed by atoms with Gasteiger partial charge in [-0.3, -0.25) is 23.7 Å². The van der Waals surface area contributed by atoms with E-state index >= 15 is 0 Å². The number of nitrogens with one attached hydrogen (secondary N) is 3. The van der Waals surface area contributed by atoms with Crippen molar-refractivity contribution in [1.82, 2.24) is 20.3 Å². The Kier molecular flexibility index (Phi) is 9.19. The van der Waals surface area contributed by atoms with Crippen molar-refractivity contribution in [2.75, 3.05) is 13.1 Å². The number of carbonyl (C=O) groups excluding carboxylic acids is 4. The Morgan fingerprint density at radius 2 is 1.72 bits per heavy atom. The summed E-state index contributed by atoms with van der Waals surface area (Å²) in [5, 5.41) is 15.0. The molecule has 4 rings (SSSR count). The van der Waals surface area contributed by atoms with Gasteiger partial charge in [-0.25, -0.2) is 8.93 Å². The average Bonchev–Trinajstić information content (AvgIpc) is 3.15. The smallest absolute Gasteiger partial charge is 0.310 e. The normalized spacial score (nSPS) is 22.8. The molecule has 5 unspecified atom stereocenters. The van der Waals surface area contributed by atoms with Crippen LogP contribution < -0.4 is 15.4 Å². The second kappa shape index (κ2) is 12.8. The summed E-state index contributed by atoms with van der Waals surface area (Å²) in [4.78, 5) is 51.9. The van der Waals surface area contributed by atoms with E-state index < -0.39 is 65.9 Å². The summed E-state index contributed by atoms with van der Waals surface area (Å²) in [7, 11) is 0. The minimum atomic E-state index is -2.40. The van der Waals surface area contributed by atoms with Crippen molar-refractivity contribution in [1.29, 1.82) is 0 Å². The molecule has 3 amide bonds. The summed E-state index contributed by atoms with van der Waals surface area (Å²) in [6, 6.07) is 14.4. The Morgan fingerprint density at radius 1 is 1.05 bits per heavy atom. The van der Waals surface area contributed by atoms with Crippen molar-refractivity contribution in [3.8, 4) is 0 Å². The molecule has 1 fully saturated rings. The number of cyclic esters (lactones) is 1. The van der Waals surface area contributed by atoms with E-state index in [0.717, 1.165) is 0 Å². The predicted octanol–water partition coefficient (Wildman–Crippen LogP) is 0.161. The lowest BCUT2D eigenvalue weighted by Crippen LogP contribution is -2.52. The first-order chi connectivity index (χ1) is 18.7. The molecule has 2 heterocycles. The molecule has 0 bridgehead atoms. The number of carbonyl (C=O) groups is 4. The first-order valence-corrected chi connectivity index (χ1v) is 13.2. The molecule has 1 saturated heterocycles. The Hall–Kier alpha value is -3.91. The standard InChI is InChI=1S/C26H28N4O8S/c31-21(27-20-13-22(32)38-26(20)35)15-30-14-18(23(29-39(36)37)16-7-3-1-4-8-16)11-12-19(25(30)34)28-24(33)17-9-5-2-6-10-17/h1-11,19-20,23,26,29,35H,12-15H2,(H,27,31)(H,28,33)(H,36,37). The first kappa shape index (κ1) is 28.1. The minimum absolute atomic E-state index is 0.0671. The average molecular weight is 557 g/mol. The summed E-state index contributed by atoms with van der Waals surface area (Å²) in [5.74, 6) is -2.34. The Labute approximate surface area is 226 Å². The number of esters is 1. The van der Waals surface area contributed by atoms with Gasteiger partial charge in [0.2, 0.25) is 29.4 Å². The van der Waals surface area contributed by atoms with Gasteiger partial charge in [0.05, 0.1) is 19.0 Å². The van der Waals surface area contributed by atoms with Gasteiger partial charge in [0, 0.05) is 12.1 Å². The predicted molar refractivity (Wildman–Crippen MR) is 139 cm³/mol. The molecule has 206 valence electrons. The lowest BCUT2D eigenvalue weighted by Gasteiger charge is -2.28. The third-order valence-electron chi connectivity index (χ3n) is 6.33. The van der Waals surface area contributed by atoms with E-state index in [-0.39, 0.29) is 19.4 Å². The van der Waals surface area contributed by atoms with E-state index in [2.05, 4.69) is 20.1 Å². The van der Waals surface area contributed by atoms with Gasteiger partial charge in [-0.2, -0.15) is 0 Å². The van der Waals surface area contributed by atoms with E-state index in [0.29, 0.717) is 16.7 Å². The molecule has 39 heavy (non-hydrogen) atoms. The maximum atomic E-state index is 13.6. The van der Waals surface area contributed by atoms with Crippen LogP contribution in [0, 0.1) is 0 Å². The van der Waals surface area contributed by atoms with Crippen LogP contribution in [0.5, 0.6) is 0 Å². The van der Waals surface area contributed by atoms with Crippen molar-refractivity contribution in [3.63, 3.8) is 0 Å². The maximum Gasteiger partial charge on any atom is 0.310 e. The number of benzene rings is 2. The third kappa shape index (κ3) is 7.35. The number of ether oxygens (including phenoxy) is 1. The van der Waals surface area contributed by atoms with Crippen molar-refractivity contribution in [3.05, 3.63) is 83.4 Å². The summed E-state index contributed by atoms with van der Waals surface area (Å²) < 4.78 is 28.6. The van der Waals surface area contributed by atoms with E-state index in [1.807, 2.05) is 0 Å². The lowest BCUT2D eigenvalue weighted by atomic mass is 9.98. The zero-order chi connectivity index (χ0) is 27.9. The van der Waals surface area contributed by atoms with Crippen molar-refractivity contribution < 1.29 is 37.8 Å². The van der Waals surface area contributed by atoms with Gasteiger partial charge in [0.1, 0.15) is 12.1 Å². The fourth-order valence-corrected chi connectivity index (χ4v) is 4.93. The quantitative estimate of drug-likeness (QED) is 0.165. The van der Waals surface area contributed by atoms with Crippen molar-refractivity contribution in [2.24, 2.45) is 0 Å². The summed E-state index contributed by atoms with van der Waals surface area (Å²) >= 11 is -2.40. The van der Waals surface area contributed by atoms with Gasteiger partial charge < -0.3 is 25.4 Å². The number of amides is 3. The van der Waals surface area contributed by atoms with E-state index in [4.69, 9.17) is 0 Å². The van der Waals surface area contributed by atoms with Crippen LogP contribution in [0.1, 0.15) is 34.8 Å². The summed E-state index contributed by atoms with van der Waals surface area (Å²) in [6.07, 6.45) is 0.0546. The molecule has 5 N–H and O–H groups in total. The van der Waals surface area contributed by atoms with Gasteiger partial charge in [-0.1, -0.05) is 54.6 Å².